The first kappa shape index (κ1) is 23.3. The maximum Gasteiger partial charge on any atom is 0.225 e. The number of hydrogen-bond donors (Lipinski definition) is 1. The van der Waals surface area contributed by atoms with Crippen LogP contribution < -0.4 is 15.4 Å². The zero-order valence-electron chi connectivity index (χ0n) is 19.9. The summed E-state index contributed by atoms with van der Waals surface area (Å²) in [5.74, 6) is 0.953. The molecule has 2 aromatic rings. The number of amides is 1. The SMILES string of the molecule is COCCC(=O)N1CCN(c2nc(C3CC3)c(-c3cccc(OC)c3F)c(C)c2N)C[C@H]1C. The van der Waals surface area contributed by atoms with E-state index in [4.69, 9.17) is 20.2 Å². The van der Waals surface area contributed by atoms with Crippen molar-refractivity contribution in [3.8, 4) is 16.9 Å². The zero-order valence-corrected chi connectivity index (χ0v) is 19.9. The van der Waals surface area contributed by atoms with E-state index in [-0.39, 0.29) is 17.7 Å². The Bertz CT molecular complexity index is 1040. The van der Waals surface area contributed by atoms with Crippen LogP contribution in [0, 0.1) is 12.7 Å². The summed E-state index contributed by atoms with van der Waals surface area (Å²) in [5.41, 5.74) is 10.2. The van der Waals surface area contributed by atoms with Gasteiger partial charge in [0.15, 0.2) is 17.4 Å². The molecule has 1 atom stereocenters. The highest BCUT2D eigenvalue weighted by atomic mass is 19.1. The number of nitrogens with zero attached hydrogens (tertiary/aromatic N) is 3. The lowest BCUT2D eigenvalue weighted by molar-refractivity contribution is -0.134. The molecule has 1 aliphatic carbocycles. The van der Waals surface area contributed by atoms with E-state index in [1.54, 1.807) is 25.3 Å². The number of piperazine rings is 1. The van der Waals surface area contributed by atoms with Crippen LogP contribution in [0.5, 0.6) is 5.75 Å². The van der Waals surface area contributed by atoms with Gasteiger partial charge in [0, 0.05) is 49.8 Å². The number of rotatable bonds is 7. The second-order valence-electron chi connectivity index (χ2n) is 8.96. The number of halogens is 1. The van der Waals surface area contributed by atoms with Crippen molar-refractivity contribution in [2.24, 2.45) is 0 Å². The molecule has 1 saturated carbocycles. The first-order chi connectivity index (χ1) is 15.9. The predicted octanol–water partition coefficient (Wildman–Crippen LogP) is 3.74. The van der Waals surface area contributed by atoms with E-state index in [1.165, 1.54) is 7.11 Å². The molecule has 33 heavy (non-hydrogen) atoms. The van der Waals surface area contributed by atoms with Crippen molar-refractivity contribution in [3.05, 3.63) is 35.3 Å². The molecule has 2 heterocycles. The molecule has 0 spiro atoms. The Morgan fingerprint density at radius 1 is 1.27 bits per heavy atom. The molecule has 1 amide bonds. The number of carbonyl (C=O) groups is 1. The quantitative estimate of drug-likeness (QED) is 0.684. The minimum atomic E-state index is -0.393. The van der Waals surface area contributed by atoms with Crippen LogP contribution in [0.1, 0.15) is 43.4 Å². The summed E-state index contributed by atoms with van der Waals surface area (Å²) < 4.78 is 25.5. The second-order valence-corrected chi connectivity index (χ2v) is 8.96. The number of nitrogen functional groups attached to an aromatic ring is 1. The molecule has 7 nitrogen and oxygen atoms in total. The van der Waals surface area contributed by atoms with Crippen molar-refractivity contribution >= 4 is 17.4 Å². The number of aromatic nitrogens is 1. The molecule has 0 radical (unpaired) electrons. The summed E-state index contributed by atoms with van der Waals surface area (Å²) >= 11 is 0. The fourth-order valence-corrected chi connectivity index (χ4v) is 4.67. The van der Waals surface area contributed by atoms with Gasteiger partial charge in [-0.05, 0) is 38.3 Å². The summed E-state index contributed by atoms with van der Waals surface area (Å²) in [5, 5.41) is 0. The molecule has 4 rings (SSSR count). The average molecular weight is 457 g/mol. The van der Waals surface area contributed by atoms with Crippen LogP contribution in [0.4, 0.5) is 15.9 Å². The Labute approximate surface area is 194 Å². The van der Waals surface area contributed by atoms with E-state index in [1.807, 2.05) is 18.7 Å². The number of hydrogen-bond acceptors (Lipinski definition) is 6. The van der Waals surface area contributed by atoms with Crippen LogP contribution in [-0.2, 0) is 9.53 Å². The lowest BCUT2D eigenvalue weighted by Gasteiger charge is -2.41. The molecule has 2 aliphatic rings. The normalized spacial score (nSPS) is 18.5. The van der Waals surface area contributed by atoms with E-state index >= 15 is 4.39 Å². The number of pyridine rings is 1. The minimum Gasteiger partial charge on any atom is -0.494 e. The van der Waals surface area contributed by atoms with Crippen molar-refractivity contribution in [2.75, 3.05) is 51.1 Å². The van der Waals surface area contributed by atoms with Gasteiger partial charge < -0.3 is 25.0 Å². The molecule has 2 N–H and O–H groups in total. The number of carbonyl (C=O) groups excluding carboxylic acids is 1. The van der Waals surface area contributed by atoms with Gasteiger partial charge in [-0.3, -0.25) is 4.79 Å². The van der Waals surface area contributed by atoms with Gasteiger partial charge in [-0.1, -0.05) is 12.1 Å². The van der Waals surface area contributed by atoms with Crippen LogP contribution in [0.3, 0.4) is 0 Å². The molecular weight excluding hydrogens is 423 g/mol. The molecule has 0 unspecified atom stereocenters. The summed E-state index contributed by atoms with van der Waals surface area (Å²) in [4.78, 5) is 21.6. The standard InChI is InChI=1S/C25H33FN4O3/c1-15-14-29(11-12-30(15)20(31)10-13-32-3)25-23(27)16(2)21(24(28-25)17-8-9-17)18-6-5-7-19(33-4)22(18)26/h5-7,15,17H,8-14,27H2,1-4H3/t15-/m1/s1. The third kappa shape index (κ3) is 4.49. The molecular formula is C25H33FN4O3. The second kappa shape index (κ2) is 9.55. The number of benzene rings is 1. The third-order valence-corrected chi connectivity index (χ3v) is 6.69. The fraction of sp³-hybridized carbons (Fsp3) is 0.520. The number of ether oxygens (including phenoxy) is 2. The van der Waals surface area contributed by atoms with E-state index < -0.39 is 5.82 Å². The van der Waals surface area contributed by atoms with Crippen molar-refractivity contribution in [3.63, 3.8) is 0 Å². The molecule has 178 valence electrons. The fourth-order valence-electron chi connectivity index (χ4n) is 4.67. The van der Waals surface area contributed by atoms with Crippen LogP contribution in [-0.4, -0.2) is 62.3 Å². The van der Waals surface area contributed by atoms with Gasteiger partial charge in [-0.2, -0.15) is 0 Å². The Morgan fingerprint density at radius 2 is 2.03 bits per heavy atom. The Morgan fingerprint density at radius 3 is 2.67 bits per heavy atom. The van der Waals surface area contributed by atoms with Crippen molar-refractivity contribution in [1.29, 1.82) is 0 Å². The molecule has 1 aromatic carbocycles. The first-order valence-electron chi connectivity index (χ1n) is 11.5. The average Bonchev–Trinajstić information content (AvgIpc) is 3.65. The van der Waals surface area contributed by atoms with Gasteiger partial charge in [0.2, 0.25) is 5.91 Å². The monoisotopic (exact) mass is 456 g/mol. The van der Waals surface area contributed by atoms with Gasteiger partial charge in [0.05, 0.1) is 31.5 Å². The highest BCUT2D eigenvalue weighted by molar-refractivity contribution is 5.82. The lowest BCUT2D eigenvalue weighted by atomic mass is 9.94. The van der Waals surface area contributed by atoms with Crippen LogP contribution in [0.25, 0.3) is 11.1 Å². The molecule has 1 aromatic heterocycles. The van der Waals surface area contributed by atoms with Gasteiger partial charge in [0.1, 0.15) is 0 Å². The molecule has 2 fully saturated rings. The molecule has 0 bridgehead atoms. The Kier molecular flexibility index (Phi) is 6.74. The van der Waals surface area contributed by atoms with Crippen molar-refractivity contribution in [2.45, 2.75) is 45.1 Å². The van der Waals surface area contributed by atoms with Crippen LogP contribution in [0.2, 0.25) is 0 Å². The van der Waals surface area contributed by atoms with E-state index in [0.717, 1.165) is 35.5 Å². The van der Waals surface area contributed by atoms with Crippen LogP contribution >= 0.6 is 0 Å². The Hall–Kier alpha value is -2.87. The van der Waals surface area contributed by atoms with Crippen molar-refractivity contribution < 1.29 is 18.7 Å². The minimum absolute atomic E-state index is 0.0319. The van der Waals surface area contributed by atoms with E-state index in [2.05, 4.69) is 4.90 Å². The summed E-state index contributed by atoms with van der Waals surface area (Å²) in [6.45, 7) is 6.31. The summed E-state index contributed by atoms with van der Waals surface area (Å²) in [6.07, 6.45) is 2.45. The predicted molar refractivity (Wildman–Crippen MR) is 127 cm³/mol. The van der Waals surface area contributed by atoms with Gasteiger partial charge in [-0.25, -0.2) is 9.37 Å². The zero-order chi connectivity index (χ0) is 23.7. The van der Waals surface area contributed by atoms with E-state index in [9.17, 15) is 4.79 Å². The third-order valence-electron chi connectivity index (χ3n) is 6.69. The van der Waals surface area contributed by atoms with Crippen molar-refractivity contribution in [1.82, 2.24) is 9.88 Å². The smallest absolute Gasteiger partial charge is 0.225 e. The summed E-state index contributed by atoms with van der Waals surface area (Å²) in [7, 11) is 3.07. The first-order valence-corrected chi connectivity index (χ1v) is 11.5. The molecule has 8 heteroatoms. The van der Waals surface area contributed by atoms with Crippen LogP contribution in [0.15, 0.2) is 18.2 Å². The number of anilines is 2. The molecule has 1 aliphatic heterocycles. The van der Waals surface area contributed by atoms with Gasteiger partial charge in [0.25, 0.3) is 0 Å². The maximum absolute atomic E-state index is 15.2. The lowest BCUT2D eigenvalue weighted by Crippen LogP contribution is -2.54. The summed E-state index contributed by atoms with van der Waals surface area (Å²) in [6, 6.07) is 5.20. The largest absolute Gasteiger partial charge is 0.494 e. The number of methoxy groups -OCH3 is 2. The topological polar surface area (TPSA) is 80.9 Å². The Balaban J connectivity index is 1.68. The van der Waals surface area contributed by atoms with E-state index in [0.29, 0.717) is 49.8 Å². The molecule has 1 saturated heterocycles. The maximum atomic E-state index is 15.2. The van der Waals surface area contributed by atoms with Gasteiger partial charge in [-0.15, -0.1) is 0 Å². The van der Waals surface area contributed by atoms with Gasteiger partial charge >= 0.3 is 0 Å². The highest BCUT2D eigenvalue weighted by Gasteiger charge is 2.34. The number of nitrogens with two attached hydrogens (primary N) is 1. The highest BCUT2D eigenvalue weighted by Crippen LogP contribution is 2.48.